The maximum Gasteiger partial charge on any atom is 0.317 e. The lowest BCUT2D eigenvalue weighted by Crippen LogP contribution is -2.39. The van der Waals surface area contributed by atoms with E-state index in [1.54, 1.807) is 26.0 Å². The van der Waals surface area contributed by atoms with Crippen LogP contribution in [0.15, 0.2) is 22.7 Å². The van der Waals surface area contributed by atoms with Crippen molar-refractivity contribution in [3.05, 3.63) is 35.5 Å². The van der Waals surface area contributed by atoms with Crippen LogP contribution in [-0.4, -0.2) is 45.7 Å². The maximum atomic E-state index is 13.3. The number of aliphatic carboxylic acids is 1. The Kier molecular flexibility index (Phi) is 5.68. The van der Waals surface area contributed by atoms with Crippen molar-refractivity contribution < 1.29 is 23.6 Å². The second-order valence-electron chi connectivity index (χ2n) is 5.66. The Morgan fingerprint density at radius 2 is 2.16 bits per heavy atom. The van der Waals surface area contributed by atoms with Crippen molar-refractivity contribution in [2.24, 2.45) is 0 Å². The van der Waals surface area contributed by atoms with Gasteiger partial charge in [0.2, 0.25) is 11.7 Å². The number of amides is 2. The van der Waals surface area contributed by atoms with E-state index in [4.69, 9.17) is 9.63 Å². The number of hydrogen-bond donors (Lipinski definition) is 2. The molecule has 0 saturated heterocycles. The van der Waals surface area contributed by atoms with Crippen LogP contribution in [0.25, 0.3) is 11.4 Å². The predicted octanol–water partition coefficient (Wildman–Crippen LogP) is 2.36. The zero-order valence-corrected chi connectivity index (χ0v) is 14.1. The molecular weight excluding hydrogens is 331 g/mol. The Balaban J connectivity index is 2.02. The minimum Gasteiger partial charge on any atom is -0.481 e. The fourth-order valence-electron chi connectivity index (χ4n) is 2.03. The minimum atomic E-state index is -0.983. The number of aryl methyl sites for hydroxylation is 1. The molecular formula is C16H19FN4O4. The highest BCUT2D eigenvalue weighted by atomic mass is 19.1. The number of nitrogens with zero attached hydrogens (tertiary/aromatic N) is 3. The van der Waals surface area contributed by atoms with Crippen LogP contribution in [0, 0.1) is 12.7 Å². The Morgan fingerprint density at radius 1 is 1.44 bits per heavy atom. The second-order valence-corrected chi connectivity index (χ2v) is 5.66. The van der Waals surface area contributed by atoms with Gasteiger partial charge in [-0.05, 0) is 37.6 Å². The zero-order chi connectivity index (χ0) is 18.6. The van der Waals surface area contributed by atoms with E-state index in [9.17, 15) is 14.0 Å². The quantitative estimate of drug-likeness (QED) is 0.828. The molecule has 0 saturated carbocycles. The number of hydrogen-bond acceptors (Lipinski definition) is 5. The number of carbonyl (C=O) groups is 2. The van der Waals surface area contributed by atoms with Crippen LogP contribution in [0.5, 0.6) is 0 Å². The molecule has 2 rings (SSSR count). The van der Waals surface area contributed by atoms with E-state index >= 15 is 0 Å². The number of benzene rings is 1. The molecule has 2 aromatic rings. The first-order valence-corrected chi connectivity index (χ1v) is 7.61. The summed E-state index contributed by atoms with van der Waals surface area (Å²) in [6.45, 7) is 3.38. The molecule has 25 heavy (non-hydrogen) atoms. The van der Waals surface area contributed by atoms with E-state index in [0.717, 1.165) is 0 Å². The highest BCUT2D eigenvalue weighted by Gasteiger charge is 2.19. The van der Waals surface area contributed by atoms with Crippen molar-refractivity contribution in [3.63, 3.8) is 0 Å². The molecule has 8 nitrogen and oxygen atoms in total. The lowest BCUT2D eigenvalue weighted by Gasteiger charge is -2.18. The fourth-order valence-corrected chi connectivity index (χ4v) is 2.03. The van der Waals surface area contributed by atoms with Crippen LogP contribution in [0.2, 0.25) is 0 Å². The van der Waals surface area contributed by atoms with E-state index in [1.807, 2.05) is 0 Å². The van der Waals surface area contributed by atoms with Gasteiger partial charge in [0.1, 0.15) is 11.9 Å². The van der Waals surface area contributed by atoms with E-state index in [-0.39, 0.29) is 24.7 Å². The van der Waals surface area contributed by atoms with Gasteiger partial charge in [0.05, 0.1) is 6.42 Å². The summed E-state index contributed by atoms with van der Waals surface area (Å²) in [5, 5.41) is 15.1. The SMILES string of the molecule is Cc1cc(-c2noc(C(C)NC(=O)N(C)CCC(=O)O)n2)ccc1F. The van der Waals surface area contributed by atoms with Gasteiger partial charge in [-0.15, -0.1) is 0 Å². The summed E-state index contributed by atoms with van der Waals surface area (Å²) in [6, 6.07) is 3.45. The van der Waals surface area contributed by atoms with E-state index in [2.05, 4.69) is 15.5 Å². The van der Waals surface area contributed by atoms with Gasteiger partial charge in [0.15, 0.2) is 0 Å². The number of carbonyl (C=O) groups excluding carboxylic acids is 1. The largest absolute Gasteiger partial charge is 0.481 e. The first-order chi connectivity index (χ1) is 11.8. The summed E-state index contributed by atoms with van der Waals surface area (Å²) in [7, 11) is 1.49. The summed E-state index contributed by atoms with van der Waals surface area (Å²) in [5.41, 5.74) is 1.07. The molecule has 9 heteroatoms. The van der Waals surface area contributed by atoms with Gasteiger partial charge in [-0.3, -0.25) is 4.79 Å². The van der Waals surface area contributed by atoms with Crippen LogP contribution in [-0.2, 0) is 4.79 Å². The van der Waals surface area contributed by atoms with Crippen molar-refractivity contribution in [3.8, 4) is 11.4 Å². The first kappa shape index (κ1) is 18.4. The molecule has 1 aromatic carbocycles. The third kappa shape index (κ3) is 4.75. The van der Waals surface area contributed by atoms with Crippen LogP contribution in [0.1, 0.15) is 30.8 Å². The van der Waals surface area contributed by atoms with Gasteiger partial charge in [-0.2, -0.15) is 4.98 Å². The van der Waals surface area contributed by atoms with E-state index < -0.39 is 18.0 Å². The lowest BCUT2D eigenvalue weighted by molar-refractivity contribution is -0.137. The normalized spacial score (nSPS) is 11.8. The van der Waals surface area contributed by atoms with Crippen molar-refractivity contribution in [1.29, 1.82) is 0 Å². The smallest absolute Gasteiger partial charge is 0.317 e. The minimum absolute atomic E-state index is 0.0812. The molecule has 2 amide bonds. The molecule has 0 fully saturated rings. The molecule has 134 valence electrons. The first-order valence-electron chi connectivity index (χ1n) is 7.61. The van der Waals surface area contributed by atoms with Crippen LogP contribution < -0.4 is 5.32 Å². The average Bonchev–Trinajstić information content (AvgIpc) is 3.05. The monoisotopic (exact) mass is 350 g/mol. The molecule has 2 N–H and O–H groups in total. The topological polar surface area (TPSA) is 109 Å². The summed E-state index contributed by atoms with van der Waals surface area (Å²) >= 11 is 0. The number of urea groups is 1. The van der Waals surface area contributed by atoms with Gasteiger partial charge in [0, 0.05) is 19.2 Å². The summed E-state index contributed by atoms with van der Waals surface area (Å²) < 4.78 is 18.5. The van der Waals surface area contributed by atoms with Gasteiger partial charge >= 0.3 is 12.0 Å². The summed E-state index contributed by atoms with van der Waals surface area (Å²) in [6.07, 6.45) is -0.146. The Bertz CT molecular complexity index is 777. The average molecular weight is 350 g/mol. The van der Waals surface area contributed by atoms with E-state index in [0.29, 0.717) is 17.0 Å². The highest BCUT2D eigenvalue weighted by Crippen LogP contribution is 2.21. The molecule has 0 radical (unpaired) electrons. The maximum absolute atomic E-state index is 13.3. The van der Waals surface area contributed by atoms with Crippen molar-refractivity contribution in [2.75, 3.05) is 13.6 Å². The van der Waals surface area contributed by atoms with Crippen LogP contribution in [0.4, 0.5) is 9.18 Å². The van der Waals surface area contributed by atoms with Crippen LogP contribution in [0.3, 0.4) is 0 Å². The molecule has 1 heterocycles. The third-order valence-electron chi connectivity index (χ3n) is 3.58. The second kappa shape index (κ2) is 7.73. The molecule has 1 unspecified atom stereocenters. The lowest BCUT2D eigenvalue weighted by atomic mass is 10.1. The van der Waals surface area contributed by atoms with Crippen LogP contribution >= 0.6 is 0 Å². The Morgan fingerprint density at radius 3 is 2.80 bits per heavy atom. The van der Waals surface area contributed by atoms with Gasteiger partial charge in [-0.25, -0.2) is 9.18 Å². The number of halogens is 1. The number of carboxylic acid groups (broad SMARTS) is 1. The Hall–Kier alpha value is -2.97. The molecule has 1 atom stereocenters. The molecule has 0 spiro atoms. The van der Waals surface area contributed by atoms with Gasteiger partial charge in [-0.1, -0.05) is 5.16 Å². The van der Waals surface area contributed by atoms with E-state index in [1.165, 1.54) is 18.0 Å². The summed E-state index contributed by atoms with van der Waals surface area (Å²) in [5.74, 6) is -0.822. The number of nitrogens with one attached hydrogen (secondary N) is 1. The number of carboxylic acids is 1. The molecule has 1 aromatic heterocycles. The predicted molar refractivity (Wildman–Crippen MR) is 86.3 cm³/mol. The Labute approximate surface area is 143 Å². The van der Waals surface area contributed by atoms with Crippen molar-refractivity contribution in [1.82, 2.24) is 20.4 Å². The molecule has 0 bridgehead atoms. The van der Waals surface area contributed by atoms with Crippen molar-refractivity contribution >= 4 is 12.0 Å². The number of rotatable bonds is 6. The number of aromatic nitrogens is 2. The highest BCUT2D eigenvalue weighted by molar-refractivity contribution is 5.75. The summed E-state index contributed by atoms with van der Waals surface area (Å²) in [4.78, 5) is 28.0. The molecule has 0 aliphatic heterocycles. The molecule has 0 aliphatic carbocycles. The fraction of sp³-hybridized carbons (Fsp3) is 0.375. The van der Waals surface area contributed by atoms with Crippen molar-refractivity contribution in [2.45, 2.75) is 26.3 Å². The zero-order valence-electron chi connectivity index (χ0n) is 14.1. The standard InChI is InChI=1S/C16H19FN4O4/c1-9-8-11(4-5-12(9)17)14-19-15(25-20-14)10(2)18-16(24)21(3)7-6-13(22)23/h4-5,8,10H,6-7H2,1-3H3,(H,18,24)(H,22,23). The van der Waals surface area contributed by atoms with Gasteiger partial charge in [0.25, 0.3) is 0 Å². The third-order valence-corrected chi connectivity index (χ3v) is 3.58. The molecule has 0 aliphatic rings. The van der Waals surface area contributed by atoms with Gasteiger partial charge < -0.3 is 19.8 Å².